The van der Waals surface area contributed by atoms with Crippen LogP contribution < -0.4 is 0 Å². The van der Waals surface area contributed by atoms with E-state index in [1.54, 1.807) is 17.3 Å². The Balaban J connectivity index is 1.62. The summed E-state index contributed by atoms with van der Waals surface area (Å²) in [7, 11) is 0. The molecule has 0 N–H and O–H groups in total. The molecule has 1 aliphatic rings. The number of likely N-dealkylation sites (tertiary alicyclic amines) is 1. The summed E-state index contributed by atoms with van der Waals surface area (Å²) in [6.45, 7) is 6.27. The number of rotatable bonds is 6. The van der Waals surface area contributed by atoms with Crippen LogP contribution in [0.2, 0.25) is 0 Å². The van der Waals surface area contributed by atoms with Crippen molar-refractivity contribution in [2.75, 3.05) is 13.1 Å². The first kappa shape index (κ1) is 18.1. The van der Waals surface area contributed by atoms with Gasteiger partial charge in [0, 0.05) is 45.0 Å². The molecule has 1 fully saturated rings. The zero-order valence-corrected chi connectivity index (χ0v) is 15.4. The van der Waals surface area contributed by atoms with Crippen LogP contribution >= 0.6 is 0 Å². The Morgan fingerprint density at radius 3 is 2.50 bits per heavy atom. The number of carbonyl (C=O) groups is 2. The number of amides is 2. The average molecular weight is 351 g/mol. The normalized spacial score (nSPS) is 16.8. The summed E-state index contributed by atoms with van der Waals surface area (Å²) in [6.07, 6.45) is 3.77. The average Bonchev–Trinajstić information content (AvgIpc) is 3.02. The van der Waals surface area contributed by atoms with E-state index in [1.165, 1.54) is 5.56 Å². The molecule has 2 heterocycles. The topological polar surface area (TPSA) is 53.5 Å². The highest BCUT2D eigenvalue weighted by atomic mass is 16.2. The molecular formula is C21H25N3O2. The molecule has 3 rings (SSSR count). The fourth-order valence-electron chi connectivity index (χ4n) is 3.32. The second-order valence-corrected chi connectivity index (χ2v) is 6.87. The van der Waals surface area contributed by atoms with Gasteiger partial charge in [-0.1, -0.05) is 29.8 Å². The standard InChI is InChI=1S/C21H25N3O2/c1-3-23(13-18-8-10-22-11-9-18)21(26)19-12-20(25)24(15-19)14-17-6-4-16(2)5-7-17/h4-11,19H,3,12-15H2,1-2H3/t19-/m0/s1. The van der Waals surface area contributed by atoms with Crippen molar-refractivity contribution < 1.29 is 9.59 Å². The molecule has 1 atom stereocenters. The molecule has 0 bridgehead atoms. The Bertz CT molecular complexity index is 759. The predicted molar refractivity (Wildman–Crippen MR) is 100 cm³/mol. The van der Waals surface area contributed by atoms with Gasteiger partial charge < -0.3 is 9.80 Å². The van der Waals surface area contributed by atoms with Crippen LogP contribution in [0, 0.1) is 12.8 Å². The van der Waals surface area contributed by atoms with Crippen LogP contribution in [-0.2, 0) is 22.7 Å². The molecule has 2 aromatic rings. The zero-order valence-electron chi connectivity index (χ0n) is 15.4. The monoisotopic (exact) mass is 351 g/mol. The van der Waals surface area contributed by atoms with Crippen LogP contribution in [0.4, 0.5) is 0 Å². The first-order valence-corrected chi connectivity index (χ1v) is 9.08. The Morgan fingerprint density at radius 2 is 1.85 bits per heavy atom. The third kappa shape index (κ3) is 4.28. The molecule has 1 aromatic carbocycles. The molecule has 5 heteroatoms. The molecule has 2 amide bonds. The van der Waals surface area contributed by atoms with Gasteiger partial charge in [-0.15, -0.1) is 0 Å². The summed E-state index contributed by atoms with van der Waals surface area (Å²) in [5, 5.41) is 0. The van der Waals surface area contributed by atoms with Crippen LogP contribution in [-0.4, -0.2) is 39.7 Å². The highest BCUT2D eigenvalue weighted by molar-refractivity contribution is 5.89. The molecule has 0 aliphatic carbocycles. The summed E-state index contributed by atoms with van der Waals surface area (Å²) in [5.74, 6) is -0.136. The van der Waals surface area contributed by atoms with Crippen molar-refractivity contribution in [2.24, 2.45) is 5.92 Å². The SMILES string of the molecule is CCN(Cc1ccncc1)C(=O)[C@H]1CC(=O)N(Cc2ccc(C)cc2)C1. The van der Waals surface area contributed by atoms with E-state index in [0.29, 0.717) is 32.6 Å². The highest BCUT2D eigenvalue weighted by Crippen LogP contribution is 2.23. The Hall–Kier alpha value is -2.69. The van der Waals surface area contributed by atoms with Crippen LogP contribution in [0.1, 0.15) is 30.0 Å². The zero-order chi connectivity index (χ0) is 18.5. The molecule has 0 spiro atoms. The highest BCUT2D eigenvalue weighted by Gasteiger charge is 2.36. The minimum Gasteiger partial charge on any atom is -0.338 e. The molecule has 0 unspecified atom stereocenters. The van der Waals surface area contributed by atoms with Crippen molar-refractivity contribution in [3.63, 3.8) is 0 Å². The van der Waals surface area contributed by atoms with Gasteiger partial charge in [-0.05, 0) is 37.1 Å². The summed E-state index contributed by atoms with van der Waals surface area (Å²) in [4.78, 5) is 32.9. The number of aromatic nitrogens is 1. The molecule has 26 heavy (non-hydrogen) atoms. The van der Waals surface area contributed by atoms with Gasteiger partial charge >= 0.3 is 0 Å². The van der Waals surface area contributed by atoms with Gasteiger partial charge in [0.1, 0.15) is 0 Å². The number of aryl methyl sites for hydroxylation is 1. The maximum Gasteiger partial charge on any atom is 0.228 e. The lowest BCUT2D eigenvalue weighted by Crippen LogP contribution is -2.36. The van der Waals surface area contributed by atoms with E-state index >= 15 is 0 Å². The minimum atomic E-state index is -0.255. The lowest BCUT2D eigenvalue weighted by Gasteiger charge is -2.24. The van der Waals surface area contributed by atoms with Crippen molar-refractivity contribution in [1.29, 1.82) is 0 Å². The van der Waals surface area contributed by atoms with Crippen LogP contribution in [0.25, 0.3) is 0 Å². The van der Waals surface area contributed by atoms with E-state index in [2.05, 4.69) is 4.98 Å². The van der Waals surface area contributed by atoms with Crippen molar-refractivity contribution >= 4 is 11.8 Å². The smallest absolute Gasteiger partial charge is 0.228 e. The quantitative estimate of drug-likeness (QED) is 0.804. The Kier molecular flexibility index (Phi) is 5.66. The third-order valence-corrected chi connectivity index (χ3v) is 4.87. The lowest BCUT2D eigenvalue weighted by atomic mass is 10.1. The lowest BCUT2D eigenvalue weighted by molar-refractivity contribution is -0.136. The van der Waals surface area contributed by atoms with Gasteiger partial charge in [0.2, 0.25) is 11.8 Å². The maximum absolute atomic E-state index is 12.9. The molecular weight excluding hydrogens is 326 g/mol. The fraction of sp³-hybridized carbons (Fsp3) is 0.381. The van der Waals surface area contributed by atoms with E-state index in [4.69, 9.17) is 0 Å². The second kappa shape index (κ2) is 8.13. The molecule has 1 saturated heterocycles. The number of benzene rings is 1. The molecule has 1 aromatic heterocycles. The molecule has 136 valence electrons. The van der Waals surface area contributed by atoms with Crippen molar-refractivity contribution in [2.45, 2.75) is 33.4 Å². The van der Waals surface area contributed by atoms with Crippen LogP contribution in [0.5, 0.6) is 0 Å². The second-order valence-electron chi connectivity index (χ2n) is 6.87. The van der Waals surface area contributed by atoms with Gasteiger partial charge in [0.05, 0.1) is 5.92 Å². The van der Waals surface area contributed by atoms with E-state index in [0.717, 1.165) is 11.1 Å². The number of hydrogen-bond donors (Lipinski definition) is 0. The van der Waals surface area contributed by atoms with Gasteiger partial charge in [-0.25, -0.2) is 0 Å². The van der Waals surface area contributed by atoms with E-state index in [1.807, 2.05) is 55.1 Å². The predicted octanol–water partition coefficient (Wildman–Crippen LogP) is 2.79. The Morgan fingerprint density at radius 1 is 1.15 bits per heavy atom. The Labute approximate surface area is 154 Å². The largest absolute Gasteiger partial charge is 0.338 e. The van der Waals surface area contributed by atoms with Crippen LogP contribution in [0.15, 0.2) is 48.8 Å². The van der Waals surface area contributed by atoms with Gasteiger partial charge in [-0.2, -0.15) is 0 Å². The van der Waals surface area contributed by atoms with E-state index in [9.17, 15) is 9.59 Å². The molecule has 0 radical (unpaired) electrons. The van der Waals surface area contributed by atoms with Crippen LogP contribution in [0.3, 0.4) is 0 Å². The number of pyridine rings is 1. The van der Waals surface area contributed by atoms with Gasteiger partial charge in [-0.3, -0.25) is 14.6 Å². The molecule has 1 aliphatic heterocycles. The maximum atomic E-state index is 12.9. The van der Waals surface area contributed by atoms with Gasteiger partial charge in [0.15, 0.2) is 0 Å². The summed E-state index contributed by atoms with van der Waals surface area (Å²) < 4.78 is 0. The minimum absolute atomic E-state index is 0.0592. The number of carbonyl (C=O) groups excluding carboxylic acids is 2. The summed E-state index contributed by atoms with van der Waals surface area (Å²) in [5.41, 5.74) is 3.35. The van der Waals surface area contributed by atoms with Gasteiger partial charge in [0.25, 0.3) is 0 Å². The summed E-state index contributed by atoms with van der Waals surface area (Å²) >= 11 is 0. The van der Waals surface area contributed by atoms with E-state index in [-0.39, 0.29) is 17.7 Å². The number of hydrogen-bond acceptors (Lipinski definition) is 3. The first-order valence-electron chi connectivity index (χ1n) is 9.08. The fourth-order valence-corrected chi connectivity index (χ4v) is 3.32. The molecule has 5 nitrogen and oxygen atoms in total. The summed E-state index contributed by atoms with van der Waals surface area (Å²) in [6, 6.07) is 12.0. The first-order chi connectivity index (χ1) is 12.6. The molecule has 0 saturated carbocycles. The van der Waals surface area contributed by atoms with E-state index < -0.39 is 0 Å². The van der Waals surface area contributed by atoms with Crippen molar-refractivity contribution in [3.05, 3.63) is 65.5 Å². The third-order valence-electron chi connectivity index (χ3n) is 4.87. The van der Waals surface area contributed by atoms with Crippen molar-refractivity contribution in [3.8, 4) is 0 Å². The van der Waals surface area contributed by atoms with Crippen molar-refractivity contribution in [1.82, 2.24) is 14.8 Å². The number of nitrogens with zero attached hydrogens (tertiary/aromatic N) is 3.